The van der Waals surface area contributed by atoms with Gasteiger partial charge >= 0.3 is 6.18 Å². The molecule has 17 heavy (non-hydrogen) atoms. The number of benzene rings is 1. The Morgan fingerprint density at radius 1 is 1.24 bits per heavy atom. The van der Waals surface area contributed by atoms with Crippen LogP contribution < -0.4 is 0 Å². The highest BCUT2D eigenvalue weighted by molar-refractivity contribution is 5.63. The van der Waals surface area contributed by atoms with Crippen LogP contribution in [0.1, 0.15) is 30.4 Å². The Hall–Kier alpha value is -1.45. The van der Waals surface area contributed by atoms with Gasteiger partial charge in [-0.3, -0.25) is 0 Å². The van der Waals surface area contributed by atoms with Crippen molar-refractivity contribution in [3.63, 3.8) is 0 Å². The summed E-state index contributed by atoms with van der Waals surface area (Å²) in [5, 5.41) is 9.86. The van der Waals surface area contributed by atoms with Crippen LogP contribution in [0.2, 0.25) is 0 Å². The molecule has 0 heterocycles. The third-order valence-electron chi connectivity index (χ3n) is 2.90. The molecule has 0 saturated heterocycles. The summed E-state index contributed by atoms with van der Waals surface area (Å²) in [6.45, 7) is 0. The van der Waals surface area contributed by atoms with Crippen molar-refractivity contribution in [2.24, 2.45) is 0 Å². The quantitative estimate of drug-likeness (QED) is 0.769. The summed E-state index contributed by atoms with van der Waals surface area (Å²) in [4.78, 5) is 0. The van der Waals surface area contributed by atoms with E-state index in [2.05, 4.69) is 0 Å². The first-order valence-electron chi connectivity index (χ1n) is 5.53. The maximum Gasteiger partial charge on any atom is 0.393 e. The summed E-state index contributed by atoms with van der Waals surface area (Å²) in [5.74, 6) is 0.153. The van der Waals surface area contributed by atoms with E-state index in [0.29, 0.717) is 5.56 Å². The van der Waals surface area contributed by atoms with Gasteiger partial charge in [-0.1, -0.05) is 18.2 Å². The van der Waals surface area contributed by atoms with Gasteiger partial charge in [0.05, 0.1) is 6.42 Å². The average molecular weight is 242 g/mol. The predicted molar refractivity (Wildman–Crippen MR) is 59.6 cm³/mol. The topological polar surface area (TPSA) is 20.2 Å². The maximum absolute atomic E-state index is 12.2. The van der Waals surface area contributed by atoms with Crippen molar-refractivity contribution in [3.05, 3.63) is 41.0 Å². The Bertz CT molecular complexity index is 440. The van der Waals surface area contributed by atoms with E-state index in [-0.39, 0.29) is 11.3 Å². The van der Waals surface area contributed by atoms with Crippen LogP contribution in [0.5, 0.6) is 0 Å². The smallest absolute Gasteiger partial charge is 0.393 e. The Labute approximate surface area is 97.6 Å². The van der Waals surface area contributed by atoms with Crippen molar-refractivity contribution in [3.8, 4) is 0 Å². The summed E-state index contributed by atoms with van der Waals surface area (Å²) in [6.07, 6.45) is -2.44. The van der Waals surface area contributed by atoms with Gasteiger partial charge in [0, 0.05) is 5.56 Å². The van der Waals surface area contributed by atoms with Crippen molar-refractivity contribution in [2.45, 2.75) is 31.9 Å². The fraction of sp³-hybridized carbons (Fsp3) is 0.385. The summed E-state index contributed by atoms with van der Waals surface area (Å²) in [5.41, 5.74) is 1.61. The van der Waals surface area contributed by atoms with E-state index < -0.39 is 12.6 Å². The molecule has 1 aliphatic rings. The van der Waals surface area contributed by atoms with Crippen LogP contribution in [-0.2, 0) is 6.42 Å². The number of halogens is 3. The van der Waals surface area contributed by atoms with E-state index in [1.165, 1.54) is 12.1 Å². The highest BCUT2D eigenvalue weighted by Crippen LogP contribution is 2.32. The van der Waals surface area contributed by atoms with E-state index >= 15 is 0 Å². The zero-order valence-electron chi connectivity index (χ0n) is 9.22. The van der Waals surface area contributed by atoms with Crippen molar-refractivity contribution in [1.29, 1.82) is 0 Å². The second kappa shape index (κ2) is 4.43. The second-order valence-electron chi connectivity index (χ2n) is 4.30. The maximum atomic E-state index is 12.2. The molecule has 1 N–H and O–H groups in total. The third kappa shape index (κ3) is 3.02. The molecule has 0 atom stereocenters. The Morgan fingerprint density at radius 2 is 1.94 bits per heavy atom. The molecule has 1 aliphatic carbocycles. The lowest BCUT2D eigenvalue weighted by atomic mass is 9.89. The van der Waals surface area contributed by atoms with Crippen LogP contribution in [0.25, 0.3) is 5.76 Å². The van der Waals surface area contributed by atoms with Crippen LogP contribution in [0.3, 0.4) is 0 Å². The number of alkyl halides is 3. The minimum Gasteiger partial charge on any atom is -0.507 e. The lowest BCUT2D eigenvalue weighted by Gasteiger charge is -2.19. The zero-order chi connectivity index (χ0) is 12.5. The Kier molecular flexibility index (Phi) is 3.13. The van der Waals surface area contributed by atoms with Crippen molar-refractivity contribution in [1.82, 2.24) is 0 Å². The lowest BCUT2D eigenvalue weighted by molar-refractivity contribution is -0.127. The average Bonchev–Trinajstić information content (AvgIpc) is 2.12. The molecule has 0 bridgehead atoms. The summed E-state index contributed by atoms with van der Waals surface area (Å²) >= 11 is 0. The number of aliphatic hydroxyl groups excluding tert-OH is 1. The van der Waals surface area contributed by atoms with E-state index in [0.717, 1.165) is 24.8 Å². The van der Waals surface area contributed by atoms with Crippen molar-refractivity contribution >= 4 is 5.76 Å². The summed E-state index contributed by atoms with van der Waals surface area (Å²) in [6, 6.07) is 6.02. The van der Waals surface area contributed by atoms with Gasteiger partial charge in [-0.25, -0.2) is 0 Å². The largest absolute Gasteiger partial charge is 0.507 e. The standard InChI is InChI=1S/C13H13F3O/c14-13(15,16)8-9-3-1-6-11(7-9)12(17)10-4-2-5-10/h1,3,6-7,17H,2,4-5,8H2. The minimum absolute atomic E-state index is 0.153. The first kappa shape index (κ1) is 12.0. The molecule has 0 amide bonds. The number of hydrogen-bond acceptors (Lipinski definition) is 1. The van der Waals surface area contributed by atoms with Gasteiger partial charge in [-0.05, 0) is 36.5 Å². The van der Waals surface area contributed by atoms with Gasteiger partial charge in [0.2, 0.25) is 0 Å². The van der Waals surface area contributed by atoms with E-state index in [4.69, 9.17) is 0 Å². The highest BCUT2D eigenvalue weighted by Gasteiger charge is 2.27. The molecular formula is C13H13F3O. The number of allylic oxidation sites excluding steroid dienone is 1. The van der Waals surface area contributed by atoms with E-state index in [9.17, 15) is 18.3 Å². The lowest BCUT2D eigenvalue weighted by Crippen LogP contribution is -2.11. The molecule has 0 unspecified atom stereocenters. The van der Waals surface area contributed by atoms with Crippen molar-refractivity contribution < 1.29 is 18.3 Å². The Balaban J connectivity index is 2.22. The molecular weight excluding hydrogens is 229 g/mol. The first-order chi connectivity index (χ1) is 7.96. The second-order valence-corrected chi connectivity index (χ2v) is 4.30. The van der Waals surface area contributed by atoms with Crippen LogP contribution in [0.15, 0.2) is 29.8 Å². The van der Waals surface area contributed by atoms with E-state index in [1.807, 2.05) is 0 Å². The number of aliphatic hydroxyl groups is 1. The van der Waals surface area contributed by atoms with Crippen molar-refractivity contribution in [2.75, 3.05) is 0 Å². The van der Waals surface area contributed by atoms with Crippen LogP contribution in [-0.4, -0.2) is 11.3 Å². The molecule has 1 saturated carbocycles. The minimum atomic E-state index is -4.21. The summed E-state index contributed by atoms with van der Waals surface area (Å²) < 4.78 is 36.7. The zero-order valence-corrected chi connectivity index (χ0v) is 9.22. The molecule has 1 aromatic carbocycles. The molecule has 92 valence electrons. The molecule has 1 aromatic rings. The fourth-order valence-electron chi connectivity index (χ4n) is 1.85. The monoisotopic (exact) mass is 242 g/mol. The highest BCUT2D eigenvalue weighted by atomic mass is 19.4. The normalized spacial score (nSPS) is 15.6. The van der Waals surface area contributed by atoms with Gasteiger partial charge in [-0.2, -0.15) is 13.2 Å². The van der Waals surface area contributed by atoms with Crippen LogP contribution >= 0.6 is 0 Å². The van der Waals surface area contributed by atoms with Gasteiger partial charge in [0.25, 0.3) is 0 Å². The number of rotatable bonds is 2. The SMILES string of the molecule is OC(=C1CCC1)c1cccc(CC(F)(F)F)c1. The fourth-order valence-corrected chi connectivity index (χ4v) is 1.85. The van der Waals surface area contributed by atoms with Crippen LogP contribution in [0, 0.1) is 0 Å². The molecule has 2 rings (SSSR count). The Morgan fingerprint density at radius 3 is 2.47 bits per heavy atom. The molecule has 0 aliphatic heterocycles. The van der Waals surface area contributed by atoms with E-state index in [1.54, 1.807) is 12.1 Å². The molecule has 4 heteroatoms. The number of hydrogen-bond donors (Lipinski definition) is 1. The first-order valence-corrected chi connectivity index (χ1v) is 5.53. The molecule has 1 fully saturated rings. The molecule has 0 aromatic heterocycles. The predicted octanol–water partition coefficient (Wildman–Crippen LogP) is 4.24. The molecule has 0 spiro atoms. The van der Waals surface area contributed by atoms with Gasteiger partial charge in [-0.15, -0.1) is 0 Å². The third-order valence-corrected chi connectivity index (χ3v) is 2.90. The molecule has 0 radical (unpaired) electrons. The van der Waals surface area contributed by atoms with Gasteiger partial charge < -0.3 is 5.11 Å². The molecule has 1 nitrogen and oxygen atoms in total. The van der Waals surface area contributed by atoms with Gasteiger partial charge in [0.15, 0.2) is 0 Å². The van der Waals surface area contributed by atoms with Crippen LogP contribution in [0.4, 0.5) is 13.2 Å². The summed E-state index contributed by atoms with van der Waals surface area (Å²) in [7, 11) is 0. The van der Waals surface area contributed by atoms with Gasteiger partial charge in [0.1, 0.15) is 5.76 Å².